The maximum absolute atomic E-state index is 12.5. The third kappa shape index (κ3) is 8.30. The molecule has 1 aliphatic heterocycles. The molecule has 0 spiro atoms. The van der Waals surface area contributed by atoms with E-state index in [1.807, 2.05) is 30.3 Å². The summed E-state index contributed by atoms with van der Waals surface area (Å²) in [6.45, 7) is 4.42. The molecule has 1 aliphatic rings. The van der Waals surface area contributed by atoms with Crippen LogP contribution in [-0.2, 0) is 16.0 Å². The average molecular weight is 561 g/mol. The molecule has 5 rings (SSSR count). The summed E-state index contributed by atoms with van der Waals surface area (Å²) < 4.78 is 0. The van der Waals surface area contributed by atoms with Crippen LogP contribution in [0.1, 0.15) is 42.0 Å². The topological polar surface area (TPSA) is 64.7 Å². The summed E-state index contributed by atoms with van der Waals surface area (Å²) in [6, 6.07) is 39.9. The van der Waals surface area contributed by atoms with Crippen LogP contribution >= 0.6 is 0 Å². The molecule has 2 N–H and O–H groups in total. The van der Waals surface area contributed by atoms with Crippen LogP contribution in [0.25, 0.3) is 0 Å². The van der Waals surface area contributed by atoms with Gasteiger partial charge in [-0.3, -0.25) is 14.5 Å². The summed E-state index contributed by atoms with van der Waals surface area (Å²) >= 11 is 0. The van der Waals surface area contributed by atoms with E-state index in [1.54, 1.807) is 0 Å². The minimum atomic E-state index is -0.0682. The minimum Gasteiger partial charge on any atom is -0.369 e. The lowest BCUT2D eigenvalue weighted by Gasteiger charge is -2.40. The lowest BCUT2D eigenvalue weighted by Crippen LogP contribution is -2.48. The number of carbonyl (C=O) groups is 2. The molecule has 1 fully saturated rings. The Morgan fingerprint density at radius 2 is 1.19 bits per heavy atom. The van der Waals surface area contributed by atoms with Crippen LogP contribution in [0.3, 0.4) is 0 Å². The number of amides is 2. The predicted octanol–water partition coefficient (Wildman–Crippen LogP) is 6.07. The number of nitrogens with zero attached hydrogens (tertiary/aromatic N) is 2. The predicted molar refractivity (Wildman–Crippen MR) is 171 cm³/mol. The Bertz CT molecular complexity index is 1350. The zero-order chi connectivity index (χ0) is 29.0. The Morgan fingerprint density at radius 3 is 1.79 bits per heavy atom. The highest BCUT2D eigenvalue weighted by atomic mass is 16.2. The molecule has 0 aromatic heterocycles. The van der Waals surface area contributed by atoms with Crippen molar-refractivity contribution in [1.82, 2.24) is 10.2 Å². The fourth-order valence-corrected chi connectivity index (χ4v) is 5.59. The molecule has 0 aliphatic carbocycles. The first-order valence-electron chi connectivity index (χ1n) is 14.9. The molecule has 0 radical (unpaired) electrons. The van der Waals surface area contributed by atoms with Crippen molar-refractivity contribution in [2.24, 2.45) is 0 Å². The van der Waals surface area contributed by atoms with Gasteiger partial charge in [0.25, 0.3) is 0 Å². The standard InChI is InChI=1S/C36H40N4O2/c41-34(37-24-23-29-11-4-1-5-12-29)17-10-18-35(42)38-32-19-21-33(22-20-32)39-25-27-40(28-26-39)36(30-13-6-2-7-14-30)31-15-8-3-9-16-31/h1-9,11-16,19-22,36H,10,17-18,23-28H2,(H,37,41)(H,38,42). The lowest BCUT2D eigenvalue weighted by molar-refractivity contribution is -0.121. The van der Waals surface area contributed by atoms with Gasteiger partial charge in [-0.05, 0) is 53.8 Å². The summed E-state index contributed by atoms with van der Waals surface area (Å²) in [6.07, 6.45) is 2.00. The summed E-state index contributed by atoms with van der Waals surface area (Å²) in [5, 5.41) is 5.91. The highest BCUT2D eigenvalue weighted by molar-refractivity contribution is 5.91. The van der Waals surface area contributed by atoms with Crippen molar-refractivity contribution < 1.29 is 9.59 Å². The van der Waals surface area contributed by atoms with Crippen LogP contribution in [0.4, 0.5) is 11.4 Å². The summed E-state index contributed by atoms with van der Waals surface area (Å²) in [5.74, 6) is -0.0802. The molecule has 0 saturated carbocycles. The van der Waals surface area contributed by atoms with Gasteiger partial charge in [-0.1, -0.05) is 91.0 Å². The van der Waals surface area contributed by atoms with E-state index in [2.05, 4.69) is 105 Å². The molecule has 0 unspecified atom stereocenters. The number of rotatable bonds is 12. The van der Waals surface area contributed by atoms with E-state index in [1.165, 1.54) is 16.7 Å². The van der Waals surface area contributed by atoms with E-state index in [9.17, 15) is 9.59 Å². The Labute approximate surface area is 249 Å². The monoisotopic (exact) mass is 560 g/mol. The Morgan fingerprint density at radius 1 is 0.643 bits per heavy atom. The van der Waals surface area contributed by atoms with Gasteiger partial charge < -0.3 is 15.5 Å². The Balaban J connectivity index is 1.05. The van der Waals surface area contributed by atoms with Crippen molar-refractivity contribution in [1.29, 1.82) is 0 Å². The van der Waals surface area contributed by atoms with Crippen LogP contribution in [0.5, 0.6) is 0 Å². The molecule has 216 valence electrons. The van der Waals surface area contributed by atoms with Crippen molar-refractivity contribution in [3.8, 4) is 0 Å². The molecule has 1 heterocycles. The second-order valence-corrected chi connectivity index (χ2v) is 10.8. The second kappa shape index (κ2) is 15.0. The summed E-state index contributed by atoms with van der Waals surface area (Å²) in [4.78, 5) is 29.5. The van der Waals surface area contributed by atoms with E-state index in [0.717, 1.165) is 44.0 Å². The van der Waals surface area contributed by atoms with Gasteiger partial charge in [0, 0.05) is 56.9 Å². The van der Waals surface area contributed by atoms with E-state index in [4.69, 9.17) is 0 Å². The van der Waals surface area contributed by atoms with E-state index in [0.29, 0.717) is 25.8 Å². The molecule has 6 heteroatoms. The lowest BCUT2D eigenvalue weighted by atomic mass is 9.96. The number of carbonyl (C=O) groups excluding carboxylic acids is 2. The van der Waals surface area contributed by atoms with Crippen LogP contribution < -0.4 is 15.5 Å². The average Bonchev–Trinajstić information content (AvgIpc) is 3.03. The number of piperazine rings is 1. The third-order valence-electron chi connectivity index (χ3n) is 7.81. The molecule has 2 amide bonds. The van der Waals surface area contributed by atoms with Crippen molar-refractivity contribution in [3.63, 3.8) is 0 Å². The van der Waals surface area contributed by atoms with Crippen LogP contribution in [0.15, 0.2) is 115 Å². The molecular weight excluding hydrogens is 520 g/mol. The molecule has 4 aromatic rings. The van der Waals surface area contributed by atoms with Gasteiger partial charge in [0.05, 0.1) is 6.04 Å². The van der Waals surface area contributed by atoms with Gasteiger partial charge in [0.2, 0.25) is 11.8 Å². The maximum Gasteiger partial charge on any atom is 0.224 e. The molecule has 4 aromatic carbocycles. The quantitative estimate of drug-likeness (QED) is 0.221. The zero-order valence-electron chi connectivity index (χ0n) is 24.1. The maximum atomic E-state index is 12.5. The first kappa shape index (κ1) is 29.1. The fourth-order valence-electron chi connectivity index (χ4n) is 5.59. The van der Waals surface area contributed by atoms with E-state index in [-0.39, 0.29) is 17.9 Å². The highest BCUT2D eigenvalue weighted by Gasteiger charge is 2.26. The molecule has 0 bridgehead atoms. The van der Waals surface area contributed by atoms with Gasteiger partial charge in [-0.15, -0.1) is 0 Å². The van der Waals surface area contributed by atoms with Crippen molar-refractivity contribution in [3.05, 3.63) is 132 Å². The largest absolute Gasteiger partial charge is 0.369 e. The van der Waals surface area contributed by atoms with E-state index < -0.39 is 0 Å². The number of benzene rings is 4. The highest BCUT2D eigenvalue weighted by Crippen LogP contribution is 2.30. The molecule has 0 atom stereocenters. The molecule has 6 nitrogen and oxygen atoms in total. The van der Waals surface area contributed by atoms with Gasteiger partial charge in [-0.2, -0.15) is 0 Å². The van der Waals surface area contributed by atoms with Crippen molar-refractivity contribution >= 4 is 23.2 Å². The number of anilines is 2. The van der Waals surface area contributed by atoms with E-state index >= 15 is 0 Å². The molecule has 1 saturated heterocycles. The Hall–Kier alpha value is -4.42. The third-order valence-corrected chi connectivity index (χ3v) is 7.81. The number of nitrogens with one attached hydrogen (secondary N) is 2. The zero-order valence-corrected chi connectivity index (χ0v) is 24.1. The minimum absolute atomic E-state index is 0.0120. The second-order valence-electron chi connectivity index (χ2n) is 10.8. The van der Waals surface area contributed by atoms with Crippen molar-refractivity contribution in [2.45, 2.75) is 31.7 Å². The Kier molecular flexibility index (Phi) is 10.4. The van der Waals surface area contributed by atoms with Crippen LogP contribution in [0, 0.1) is 0 Å². The first-order valence-corrected chi connectivity index (χ1v) is 14.9. The summed E-state index contributed by atoms with van der Waals surface area (Å²) in [7, 11) is 0. The van der Waals surface area contributed by atoms with Crippen molar-refractivity contribution in [2.75, 3.05) is 42.9 Å². The van der Waals surface area contributed by atoms with Gasteiger partial charge in [0.15, 0.2) is 0 Å². The SMILES string of the molecule is O=C(CCCC(=O)Nc1ccc(N2CCN(C(c3ccccc3)c3ccccc3)CC2)cc1)NCCc1ccccc1. The van der Waals surface area contributed by atoms with Gasteiger partial charge in [-0.25, -0.2) is 0 Å². The molecule has 42 heavy (non-hydrogen) atoms. The smallest absolute Gasteiger partial charge is 0.224 e. The number of hydrogen-bond acceptors (Lipinski definition) is 4. The number of hydrogen-bond donors (Lipinski definition) is 2. The summed E-state index contributed by atoms with van der Waals surface area (Å²) in [5.41, 5.74) is 5.78. The van der Waals surface area contributed by atoms with Gasteiger partial charge >= 0.3 is 0 Å². The van der Waals surface area contributed by atoms with Gasteiger partial charge in [0.1, 0.15) is 0 Å². The fraction of sp³-hybridized carbons (Fsp3) is 0.278. The first-order chi connectivity index (χ1) is 20.7. The normalized spacial score (nSPS) is 13.6. The van der Waals surface area contributed by atoms with Crippen LogP contribution in [0.2, 0.25) is 0 Å². The van der Waals surface area contributed by atoms with Crippen LogP contribution in [-0.4, -0.2) is 49.4 Å². The molecular formula is C36H40N4O2.